The molecule has 0 aliphatic carbocycles. The summed E-state index contributed by atoms with van der Waals surface area (Å²) >= 11 is 6.50. The summed E-state index contributed by atoms with van der Waals surface area (Å²) in [7, 11) is 4.07. The number of phenolic OH excluding ortho intramolecular Hbond substituents is 1. The van der Waals surface area contributed by atoms with Crippen LogP contribution in [0.1, 0.15) is 39.1 Å². The van der Waals surface area contributed by atoms with Crippen molar-refractivity contribution in [1.29, 1.82) is 0 Å². The number of aliphatic hydroxyl groups is 1. The van der Waals surface area contributed by atoms with E-state index in [2.05, 4.69) is 10.2 Å². The smallest absolute Gasteiger partial charge is 0.259 e. The van der Waals surface area contributed by atoms with Crippen LogP contribution in [-0.4, -0.2) is 58.7 Å². The van der Waals surface area contributed by atoms with Crippen molar-refractivity contribution in [3.8, 4) is 16.9 Å². The first-order valence-electron chi connectivity index (χ1n) is 12.0. The first-order chi connectivity index (χ1) is 17.3. The number of amides is 2. The Balaban J connectivity index is 1.78. The fraction of sp³-hybridized carbons (Fsp3) is 0.286. The van der Waals surface area contributed by atoms with Gasteiger partial charge in [-0.2, -0.15) is 0 Å². The molecule has 4 aromatic rings. The van der Waals surface area contributed by atoms with Gasteiger partial charge in [0.15, 0.2) is 0 Å². The molecule has 2 heterocycles. The second-order valence-electron chi connectivity index (χ2n) is 9.47. The van der Waals surface area contributed by atoms with Gasteiger partial charge in [0.25, 0.3) is 11.8 Å². The minimum Gasteiger partial charge on any atom is -0.508 e. The molecule has 0 saturated carbocycles. The van der Waals surface area contributed by atoms with Crippen LogP contribution in [0.4, 0.5) is 0 Å². The van der Waals surface area contributed by atoms with Crippen LogP contribution < -0.4 is 5.32 Å². The first-order valence-corrected chi connectivity index (χ1v) is 12.4. The lowest BCUT2D eigenvalue weighted by Crippen LogP contribution is -2.20. The van der Waals surface area contributed by atoms with Gasteiger partial charge in [0.1, 0.15) is 5.75 Å². The number of benzene rings is 3. The number of aryl methyl sites for hydroxylation is 1. The maximum atomic E-state index is 13.1. The summed E-state index contributed by atoms with van der Waals surface area (Å²) in [6.45, 7) is 1.15. The van der Waals surface area contributed by atoms with Crippen molar-refractivity contribution in [2.24, 2.45) is 0 Å². The number of halogens is 1. The van der Waals surface area contributed by atoms with Crippen molar-refractivity contribution in [3.05, 3.63) is 64.2 Å². The van der Waals surface area contributed by atoms with Gasteiger partial charge in [0.2, 0.25) is 0 Å². The van der Waals surface area contributed by atoms with Crippen molar-refractivity contribution in [2.45, 2.75) is 25.8 Å². The molecule has 0 unspecified atom stereocenters. The van der Waals surface area contributed by atoms with E-state index in [4.69, 9.17) is 11.6 Å². The molecule has 1 aromatic heterocycles. The van der Waals surface area contributed by atoms with E-state index in [1.807, 2.05) is 42.9 Å². The van der Waals surface area contributed by atoms with Crippen molar-refractivity contribution in [3.63, 3.8) is 0 Å². The number of aliphatic hydroxyl groups excluding tert-OH is 1. The average molecular weight is 506 g/mol. The van der Waals surface area contributed by atoms with Gasteiger partial charge in [-0.1, -0.05) is 29.8 Å². The molecular weight excluding hydrogens is 478 g/mol. The summed E-state index contributed by atoms with van der Waals surface area (Å²) in [6.07, 6.45) is 2.62. The van der Waals surface area contributed by atoms with E-state index < -0.39 is 11.8 Å². The molecule has 0 radical (unpaired) electrons. The molecule has 0 saturated heterocycles. The topological polar surface area (TPSA) is 94.8 Å². The molecule has 7 nitrogen and oxygen atoms in total. The SMILES string of the molecule is CN(C)CCCCc1cc2c(cc1O)c1c3c(c(-c4ccccc4Cl)cc1n2CCO)C(=O)NC3=O. The minimum atomic E-state index is -0.482. The number of carbonyl (C=O) groups is 2. The van der Waals surface area contributed by atoms with E-state index in [0.29, 0.717) is 45.4 Å². The summed E-state index contributed by atoms with van der Waals surface area (Å²) < 4.78 is 1.95. The highest BCUT2D eigenvalue weighted by Crippen LogP contribution is 2.43. The number of imide groups is 1. The fourth-order valence-electron chi connectivity index (χ4n) is 5.20. The Morgan fingerprint density at radius 1 is 0.972 bits per heavy atom. The highest BCUT2D eigenvalue weighted by Gasteiger charge is 2.35. The zero-order chi connectivity index (χ0) is 25.6. The van der Waals surface area contributed by atoms with E-state index in [-0.39, 0.29) is 23.5 Å². The Hall–Kier alpha value is -3.39. The second-order valence-corrected chi connectivity index (χ2v) is 9.87. The first kappa shape index (κ1) is 24.3. The molecule has 0 atom stereocenters. The number of phenols is 1. The van der Waals surface area contributed by atoms with Crippen LogP contribution in [0.15, 0.2) is 42.5 Å². The van der Waals surface area contributed by atoms with Gasteiger partial charge in [-0.15, -0.1) is 0 Å². The molecule has 186 valence electrons. The van der Waals surface area contributed by atoms with Crippen LogP contribution in [0.25, 0.3) is 32.9 Å². The van der Waals surface area contributed by atoms with Crippen molar-refractivity contribution >= 4 is 45.2 Å². The molecule has 0 bridgehead atoms. The Bertz CT molecular complexity index is 1520. The van der Waals surface area contributed by atoms with Gasteiger partial charge < -0.3 is 19.7 Å². The van der Waals surface area contributed by atoms with E-state index in [9.17, 15) is 19.8 Å². The fourth-order valence-corrected chi connectivity index (χ4v) is 5.43. The van der Waals surface area contributed by atoms with Gasteiger partial charge in [-0.05, 0) is 75.3 Å². The lowest BCUT2D eigenvalue weighted by Gasteiger charge is -2.12. The standard InChI is InChI=1S/C28H28ClN3O4/c1-31(2)10-6-5-7-16-13-21-19(15-23(16)34)24-22(32(21)11-12-33)14-18(17-8-3-4-9-20(17)29)25-26(24)28(36)30-27(25)35/h3-4,8-9,13-15,33-34H,5-7,10-12H2,1-2H3,(H,30,35,36). The summed E-state index contributed by atoms with van der Waals surface area (Å²) in [6, 6.07) is 12.7. The zero-order valence-corrected chi connectivity index (χ0v) is 21.0. The molecule has 0 spiro atoms. The van der Waals surface area contributed by atoms with Crippen LogP contribution in [0, 0.1) is 0 Å². The van der Waals surface area contributed by atoms with Crippen molar-refractivity contribution < 1.29 is 19.8 Å². The van der Waals surface area contributed by atoms with Crippen molar-refractivity contribution in [1.82, 2.24) is 14.8 Å². The van der Waals surface area contributed by atoms with Gasteiger partial charge in [0.05, 0.1) is 23.3 Å². The number of fused-ring (bicyclic) bond motifs is 5. The Kier molecular flexibility index (Phi) is 6.47. The number of aromatic hydroxyl groups is 1. The Morgan fingerprint density at radius 3 is 2.44 bits per heavy atom. The Labute approximate surface area is 213 Å². The number of hydrogen-bond donors (Lipinski definition) is 3. The van der Waals surface area contributed by atoms with E-state index >= 15 is 0 Å². The molecule has 2 amide bonds. The number of nitrogens with one attached hydrogen (secondary N) is 1. The van der Waals surface area contributed by atoms with Crippen LogP contribution in [0.2, 0.25) is 5.02 Å². The predicted octanol–water partition coefficient (Wildman–Crippen LogP) is 4.58. The van der Waals surface area contributed by atoms with E-state index in [1.54, 1.807) is 18.2 Å². The molecule has 36 heavy (non-hydrogen) atoms. The summed E-state index contributed by atoms with van der Waals surface area (Å²) in [4.78, 5) is 28.1. The molecule has 1 aliphatic rings. The van der Waals surface area contributed by atoms with Crippen molar-refractivity contribution in [2.75, 3.05) is 27.2 Å². The second kappa shape index (κ2) is 9.58. The quantitative estimate of drug-likeness (QED) is 0.241. The number of carbonyl (C=O) groups excluding carboxylic acids is 2. The number of nitrogens with zero attached hydrogens (tertiary/aromatic N) is 2. The Morgan fingerprint density at radius 2 is 1.72 bits per heavy atom. The lowest BCUT2D eigenvalue weighted by atomic mass is 9.92. The maximum Gasteiger partial charge on any atom is 0.259 e. The molecule has 3 aromatic carbocycles. The predicted molar refractivity (Wildman–Crippen MR) is 142 cm³/mol. The normalized spacial score (nSPS) is 13.2. The number of aromatic nitrogens is 1. The van der Waals surface area contributed by atoms with Crippen LogP contribution >= 0.6 is 11.6 Å². The average Bonchev–Trinajstić information content (AvgIpc) is 3.30. The molecule has 3 N–H and O–H groups in total. The monoisotopic (exact) mass is 505 g/mol. The largest absolute Gasteiger partial charge is 0.508 e. The summed E-state index contributed by atoms with van der Waals surface area (Å²) in [5.41, 5.74) is 4.05. The molecular formula is C28H28ClN3O4. The third kappa shape index (κ3) is 4.03. The zero-order valence-electron chi connectivity index (χ0n) is 20.3. The number of hydrogen-bond acceptors (Lipinski definition) is 5. The van der Waals surface area contributed by atoms with Gasteiger partial charge in [-0.25, -0.2) is 0 Å². The van der Waals surface area contributed by atoms with Gasteiger partial charge in [0, 0.05) is 33.4 Å². The minimum absolute atomic E-state index is 0.110. The number of rotatable bonds is 8. The lowest BCUT2D eigenvalue weighted by molar-refractivity contribution is 0.0880. The molecule has 0 fully saturated rings. The highest BCUT2D eigenvalue weighted by atomic mass is 35.5. The molecule has 1 aliphatic heterocycles. The summed E-state index contributed by atoms with van der Waals surface area (Å²) in [5, 5.41) is 24.9. The third-order valence-corrected chi connectivity index (χ3v) is 7.15. The maximum absolute atomic E-state index is 13.1. The molecule has 8 heteroatoms. The van der Waals surface area contributed by atoms with Crippen LogP contribution in [0.3, 0.4) is 0 Å². The molecule has 5 rings (SSSR count). The van der Waals surface area contributed by atoms with Crippen LogP contribution in [0.5, 0.6) is 5.75 Å². The highest BCUT2D eigenvalue weighted by molar-refractivity contribution is 6.36. The third-order valence-electron chi connectivity index (χ3n) is 6.82. The number of unbranched alkanes of at least 4 members (excludes halogenated alkanes) is 1. The summed E-state index contributed by atoms with van der Waals surface area (Å²) in [5.74, 6) is -0.801. The van der Waals surface area contributed by atoms with Gasteiger partial charge >= 0.3 is 0 Å². The van der Waals surface area contributed by atoms with E-state index in [0.717, 1.165) is 30.5 Å². The van der Waals surface area contributed by atoms with E-state index in [1.165, 1.54) is 0 Å². The van der Waals surface area contributed by atoms with Gasteiger partial charge in [-0.3, -0.25) is 14.9 Å². The van der Waals surface area contributed by atoms with Crippen LogP contribution in [-0.2, 0) is 13.0 Å².